The van der Waals surface area contributed by atoms with Crippen LogP contribution < -0.4 is 0 Å². The molecule has 0 radical (unpaired) electrons. The molecule has 0 aromatic heterocycles. The van der Waals surface area contributed by atoms with Crippen molar-refractivity contribution in [2.45, 2.75) is 0 Å². The molecule has 0 aromatic carbocycles. The van der Waals surface area contributed by atoms with E-state index in [0.717, 1.165) is 6.26 Å². The third-order valence-corrected chi connectivity index (χ3v) is 0.184. The van der Waals surface area contributed by atoms with Crippen LogP contribution in [0.15, 0.2) is 12.8 Å². The Morgan fingerprint density at radius 3 is 2.25 bits per heavy atom. The molecule has 8 heavy (non-hydrogen) atoms. The molecule has 52 valence electrons. The third kappa shape index (κ3) is 17.0. The molecule has 0 amide bonds. The van der Waals surface area contributed by atoms with E-state index in [2.05, 4.69) is 36.5 Å². The Labute approximate surface area is 59.3 Å². The molecular weight excluding hydrogens is 183 g/mol. The zero-order valence-corrected chi connectivity index (χ0v) is 5.43. The van der Waals surface area contributed by atoms with Crippen LogP contribution in [0, 0.1) is 0 Å². The van der Waals surface area contributed by atoms with Crippen LogP contribution in [0.5, 0.6) is 0 Å². The Balaban J connectivity index is 0. The summed E-state index contributed by atoms with van der Waals surface area (Å²) in [4.78, 5) is 9.31. The average Bonchev–Trinajstić information content (AvgIpc) is 1.72. The maximum absolute atomic E-state index is 9.31. The SMILES string of the molecule is C=COC(=O)O.[Cl][Cu]. The summed E-state index contributed by atoms with van der Waals surface area (Å²) in [5.74, 6) is 0. The van der Waals surface area contributed by atoms with Crippen molar-refractivity contribution in [3.05, 3.63) is 12.8 Å². The van der Waals surface area contributed by atoms with Crippen LogP contribution in [-0.2, 0) is 19.8 Å². The zero-order valence-electron chi connectivity index (χ0n) is 3.73. The van der Waals surface area contributed by atoms with Crippen LogP contribution in [0.2, 0.25) is 0 Å². The molecule has 0 aliphatic carbocycles. The summed E-state index contributed by atoms with van der Waals surface area (Å²) < 4.78 is 3.72. The van der Waals surface area contributed by atoms with E-state index in [4.69, 9.17) is 5.11 Å². The van der Waals surface area contributed by atoms with Crippen LogP contribution >= 0.6 is 10.1 Å². The van der Waals surface area contributed by atoms with Gasteiger partial charge >= 0.3 is 31.4 Å². The van der Waals surface area contributed by atoms with Gasteiger partial charge in [0.15, 0.2) is 0 Å². The third-order valence-electron chi connectivity index (χ3n) is 0.184. The van der Waals surface area contributed by atoms with Gasteiger partial charge in [0.05, 0.1) is 6.26 Å². The van der Waals surface area contributed by atoms with Crippen molar-refractivity contribution >= 4 is 16.3 Å². The normalized spacial score (nSPS) is 5.88. The van der Waals surface area contributed by atoms with Gasteiger partial charge in [-0.1, -0.05) is 6.58 Å². The van der Waals surface area contributed by atoms with Crippen molar-refractivity contribution in [1.82, 2.24) is 0 Å². The van der Waals surface area contributed by atoms with Gasteiger partial charge in [-0.25, -0.2) is 4.79 Å². The summed E-state index contributed by atoms with van der Waals surface area (Å²) in [7, 11) is 4.20. The molecule has 3 nitrogen and oxygen atoms in total. The maximum atomic E-state index is 9.31. The average molecular weight is 187 g/mol. The first-order valence-corrected chi connectivity index (χ1v) is 2.69. The molecule has 0 aromatic rings. The van der Waals surface area contributed by atoms with E-state index in [9.17, 15) is 4.79 Å². The Kier molecular flexibility index (Phi) is 13.3. The van der Waals surface area contributed by atoms with Crippen molar-refractivity contribution in [3.63, 3.8) is 0 Å². The summed E-state index contributed by atoms with van der Waals surface area (Å²) in [6.45, 7) is 3.00. The van der Waals surface area contributed by atoms with Gasteiger partial charge in [0.2, 0.25) is 0 Å². The van der Waals surface area contributed by atoms with Gasteiger partial charge in [0.1, 0.15) is 0 Å². The number of rotatable bonds is 1. The molecular formula is C3H4ClCuO3. The molecule has 0 unspecified atom stereocenters. The van der Waals surface area contributed by atoms with Gasteiger partial charge in [0.25, 0.3) is 0 Å². The van der Waals surface area contributed by atoms with E-state index in [-0.39, 0.29) is 0 Å². The first kappa shape index (κ1) is 10.7. The molecule has 0 spiro atoms. The monoisotopic (exact) mass is 186 g/mol. The Morgan fingerprint density at radius 2 is 2.25 bits per heavy atom. The summed E-state index contributed by atoms with van der Waals surface area (Å²) >= 11 is 3.66. The summed E-state index contributed by atoms with van der Waals surface area (Å²) in [6, 6.07) is 0. The predicted octanol–water partition coefficient (Wildman–Crippen LogP) is 1.51. The molecule has 5 heteroatoms. The molecule has 0 rings (SSSR count). The molecule has 0 bridgehead atoms. The Hall–Kier alpha value is -0.181. The van der Waals surface area contributed by atoms with Crippen molar-refractivity contribution in [2.75, 3.05) is 0 Å². The minimum atomic E-state index is -1.33. The molecule has 0 saturated heterocycles. The van der Waals surface area contributed by atoms with Gasteiger partial charge in [-0.15, -0.1) is 0 Å². The second-order valence-corrected chi connectivity index (χ2v) is 0.550. The zero-order chi connectivity index (χ0) is 6.99. The van der Waals surface area contributed by atoms with Crippen LogP contribution in [0.25, 0.3) is 0 Å². The molecule has 0 fully saturated rings. The van der Waals surface area contributed by atoms with Gasteiger partial charge in [-0.3, -0.25) is 0 Å². The fraction of sp³-hybridized carbons (Fsp3) is 0. The van der Waals surface area contributed by atoms with E-state index >= 15 is 0 Å². The second-order valence-electron chi connectivity index (χ2n) is 0.550. The van der Waals surface area contributed by atoms with Crippen LogP contribution in [0.1, 0.15) is 0 Å². The van der Waals surface area contributed by atoms with Crippen molar-refractivity contribution in [3.8, 4) is 0 Å². The molecule has 0 aliphatic heterocycles. The summed E-state index contributed by atoms with van der Waals surface area (Å²) in [6.07, 6.45) is -0.479. The number of carboxylic acid groups (broad SMARTS) is 1. The van der Waals surface area contributed by atoms with Crippen LogP contribution in [0.3, 0.4) is 0 Å². The quantitative estimate of drug-likeness (QED) is 0.384. The van der Waals surface area contributed by atoms with Crippen molar-refractivity contribution in [2.24, 2.45) is 0 Å². The number of ether oxygens (including phenoxy) is 1. The molecule has 0 heterocycles. The summed E-state index contributed by atoms with van der Waals surface area (Å²) in [5.41, 5.74) is 0. The van der Waals surface area contributed by atoms with E-state index in [1.54, 1.807) is 0 Å². The second kappa shape index (κ2) is 9.94. The van der Waals surface area contributed by atoms with E-state index < -0.39 is 6.16 Å². The minimum absolute atomic E-state index is 0.850. The topological polar surface area (TPSA) is 46.5 Å². The number of halogens is 1. The molecule has 0 atom stereocenters. The number of hydrogen-bond acceptors (Lipinski definition) is 2. The first-order chi connectivity index (χ1) is 3.77. The van der Waals surface area contributed by atoms with E-state index in [1.165, 1.54) is 0 Å². The van der Waals surface area contributed by atoms with Crippen molar-refractivity contribution < 1.29 is 29.7 Å². The van der Waals surface area contributed by atoms with Crippen LogP contribution in [0.4, 0.5) is 4.79 Å². The fourth-order valence-corrected chi connectivity index (χ4v) is 0.0713. The van der Waals surface area contributed by atoms with Crippen molar-refractivity contribution in [1.29, 1.82) is 0 Å². The summed E-state index contributed by atoms with van der Waals surface area (Å²) in [5, 5.41) is 7.62. The Bertz CT molecular complexity index is 74.9. The van der Waals surface area contributed by atoms with Gasteiger partial charge in [-0.2, -0.15) is 0 Å². The first-order valence-electron chi connectivity index (χ1n) is 1.39. The van der Waals surface area contributed by atoms with Gasteiger partial charge < -0.3 is 9.84 Å². The van der Waals surface area contributed by atoms with Gasteiger partial charge in [-0.05, 0) is 0 Å². The number of carbonyl (C=O) groups is 1. The Morgan fingerprint density at radius 1 is 1.88 bits per heavy atom. The number of hydrogen-bond donors (Lipinski definition) is 1. The van der Waals surface area contributed by atoms with Gasteiger partial charge in [0, 0.05) is 0 Å². The molecule has 1 N–H and O–H groups in total. The fourth-order valence-electron chi connectivity index (χ4n) is 0.0713. The predicted molar refractivity (Wildman–Crippen MR) is 25.2 cm³/mol. The van der Waals surface area contributed by atoms with E-state index in [1.807, 2.05) is 0 Å². The van der Waals surface area contributed by atoms with Crippen LogP contribution in [-0.4, -0.2) is 11.3 Å². The van der Waals surface area contributed by atoms with E-state index in [0.29, 0.717) is 0 Å². The standard InChI is InChI=1S/C3H4O3.ClH.Cu/c1-2-6-3(4)5;;/h2H,1H2,(H,4,5);1H;/q;;+1/p-1. The molecule has 0 aliphatic rings. The molecule has 0 saturated carbocycles.